The molecule has 2 aliphatic rings. The van der Waals surface area contributed by atoms with Crippen LogP contribution in [0.1, 0.15) is 30.1 Å². The number of piperazine rings is 1. The Kier molecular flexibility index (Phi) is 5.35. The molecule has 0 aliphatic carbocycles. The normalized spacial score (nSPS) is 21.0. The number of nitrogens with one attached hydrogen (secondary N) is 1. The second-order valence-corrected chi connectivity index (χ2v) is 6.22. The molecule has 24 heavy (non-hydrogen) atoms. The third-order valence-electron chi connectivity index (χ3n) is 4.61. The van der Waals surface area contributed by atoms with E-state index in [1.54, 1.807) is 0 Å². The molecule has 2 aliphatic heterocycles. The van der Waals surface area contributed by atoms with Crippen molar-refractivity contribution in [3.8, 4) is 0 Å². The molecule has 1 aromatic carbocycles. The molecule has 3 rings (SSSR count). The largest absolute Gasteiger partial charge is 0.368 e. The quantitative estimate of drug-likeness (QED) is 0.902. The molecule has 0 saturated carbocycles. The minimum Gasteiger partial charge on any atom is -0.368 e. The number of benzene rings is 1. The summed E-state index contributed by atoms with van der Waals surface area (Å²) in [5, 5.41) is 2.82. The van der Waals surface area contributed by atoms with Crippen molar-refractivity contribution in [3.05, 3.63) is 29.8 Å². The maximum atomic E-state index is 12.4. The summed E-state index contributed by atoms with van der Waals surface area (Å²) in [4.78, 5) is 28.5. The number of ether oxygens (including phenoxy) is 1. The third-order valence-corrected chi connectivity index (χ3v) is 4.61. The average molecular weight is 331 g/mol. The summed E-state index contributed by atoms with van der Waals surface area (Å²) in [5.41, 5.74) is 1.70. The highest BCUT2D eigenvalue weighted by molar-refractivity contribution is 5.95. The van der Waals surface area contributed by atoms with Gasteiger partial charge in [0.2, 0.25) is 0 Å². The Morgan fingerprint density at radius 1 is 1.25 bits per heavy atom. The van der Waals surface area contributed by atoms with E-state index in [4.69, 9.17) is 4.74 Å². The smallest absolute Gasteiger partial charge is 0.251 e. The number of carbonyl (C=O) groups is 2. The summed E-state index contributed by atoms with van der Waals surface area (Å²) in [6.45, 7) is 6.17. The molecular formula is C18H25N3O3. The van der Waals surface area contributed by atoms with E-state index < -0.39 is 0 Å². The van der Waals surface area contributed by atoms with E-state index >= 15 is 0 Å². The highest BCUT2D eigenvalue weighted by Crippen LogP contribution is 2.20. The fourth-order valence-electron chi connectivity index (χ4n) is 3.27. The zero-order chi connectivity index (χ0) is 16.9. The topological polar surface area (TPSA) is 61.9 Å². The maximum absolute atomic E-state index is 12.4. The summed E-state index contributed by atoms with van der Waals surface area (Å²) in [6.07, 6.45) is 1.58. The molecule has 2 amide bonds. The van der Waals surface area contributed by atoms with Crippen molar-refractivity contribution in [2.24, 2.45) is 0 Å². The van der Waals surface area contributed by atoms with Gasteiger partial charge < -0.3 is 19.9 Å². The van der Waals surface area contributed by atoms with Crippen molar-refractivity contribution in [3.63, 3.8) is 0 Å². The summed E-state index contributed by atoms with van der Waals surface area (Å²) in [6, 6.07) is 7.67. The molecule has 1 unspecified atom stereocenters. The standard InChI is InChI=1S/C18H25N3O3/c1-2-19-17(22)14-5-3-6-15(13-14)20-8-10-21(11-9-20)18(23)16-7-4-12-24-16/h3,5-6,13,16H,2,4,7-12H2,1H3,(H,19,22). The van der Waals surface area contributed by atoms with E-state index in [1.807, 2.05) is 36.1 Å². The zero-order valence-electron chi connectivity index (χ0n) is 14.2. The molecule has 0 spiro atoms. The summed E-state index contributed by atoms with van der Waals surface area (Å²) in [5.74, 6) is 0.0785. The minimum atomic E-state index is -0.238. The molecule has 0 radical (unpaired) electrons. The molecular weight excluding hydrogens is 306 g/mol. The van der Waals surface area contributed by atoms with Crippen molar-refractivity contribution in [2.45, 2.75) is 25.9 Å². The van der Waals surface area contributed by atoms with Crippen LogP contribution in [0, 0.1) is 0 Å². The van der Waals surface area contributed by atoms with Crippen molar-refractivity contribution < 1.29 is 14.3 Å². The lowest BCUT2D eigenvalue weighted by atomic mass is 10.1. The fraction of sp³-hybridized carbons (Fsp3) is 0.556. The Morgan fingerprint density at radius 2 is 2.04 bits per heavy atom. The lowest BCUT2D eigenvalue weighted by molar-refractivity contribution is -0.141. The van der Waals surface area contributed by atoms with Gasteiger partial charge in [-0.3, -0.25) is 9.59 Å². The van der Waals surface area contributed by atoms with Crippen LogP contribution in [0.3, 0.4) is 0 Å². The van der Waals surface area contributed by atoms with Gasteiger partial charge in [0.1, 0.15) is 6.10 Å². The van der Waals surface area contributed by atoms with Gasteiger partial charge in [-0.25, -0.2) is 0 Å². The zero-order valence-corrected chi connectivity index (χ0v) is 14.2. The van der Waals surface area contributed by atoms with Crippen LogP contribution in [0.25, 0.3) is 0 Å². The first-order chi connectivity index (χ1) is 11.7. The second-order valence-electron chi connectivity index (χ2n) is 6.22. The van der Waals surface area contributed by atoms with Crippen LogP contribution >= 0.6 is 0 Å². The van der Waals surface area contributed by atoms with E-state index in [-0.39, 0.29) is 17.9 Å². The number of anilines is 1. The van der Waals surface area contributed by atoms with Gasteiger partial charge in [-0.05, 0) is 38.0 Å². The number of hydrogen-bond acceptors (Lipinski definition) is 4. The van der Waals surface area contributed by atoms with E-state index in [2.05, 4.69) is 10.2 Å². The summed E-state index contributed by atoms with van der Waals surface area (Å²) in [7, 11) is 0. The number of amides is 2. The van der Waals surface area contributed by atoms with E-state index in [9.17, 15) is 9.59 Å². The third kappa shape index (κ3) is 3.70. The van der Waals surface area contributed by atoms with Crippen LogP contribution in [-0.2, 0) is 9.53 Å². The van der Waals surface area contributed by atoms with Gasteiger partial charge in [-0.1, -0.05) is 6.07 Å². The molecule has 6 nitrogen and oxygen atoms in total. The number of hydrogen-bond donors (Lipinski definition) is 1. The van der Waals surface area contributed by atoms with Crippen LogP contribution in [-0.4, -0.2) is 62.1 Å². The van der Waals surface area contributed by atoms with Crippen molar-refractivity contribution in [1.82, 2.24) is 10.2 Å². The first kappa shape index (κ1) is 16.8. The van der Waals surface area contributed by atoms with Crippen LogP contribution < -0.4 is 10.2 Å². The highest BCUT2D eigenvalue weighted by Gasteiger charge is 2.30. The predicted octanol–water partition coefficient (Wildman–Crippen LogP) is 1.26. The molecule has 2 saturated heterocycles. The van der Waals surface area contributed by atoms with Gasteiger partial charge in [0, 0.05) is 50.6 Å². The summed E-state index contributed by atoms with van der Waals surface area (Å²) < 4.78 is 5.50. The van der Waals surface area contributed by atoms with Crippen molar-refractivity contribution in [1.29, 1.82) is 0 Å². The van der Waals surface area contributed by atoms with Gasteiger partial charge in [-0.15, -0.1) is 0 Å². The van der Waals surface area contributed by atoms with Gasteiger partial charge in [0.25, 0.3) is 11.8 Å². The molecule has 2 heterocycles. The SMILES string of the molecule is CCNC(=O)c1cccc(N2CCN(C(=O)C3CCCO3)CC2)c1. The van der Waals surface area contributed by atoms with Gasteiger partial charge in [0.15, 0.2) is 0 Å². The molecule has 0 aromatic heterocycles. The Labute approximate surface area is 142 Å². The van der Waals surface area contributed by atoms with Crippen LogP contribution in [0.5, 0.6) is 0 Å². The number of carbonyl (C=O) groups excluding carboxylic acids is 2. The Hall–Kier alpha value is -2.08. The summed E-state index contributed by atoms with van der Waals surface area (Å²) >= 11 is 0. The van der Waals surface area contributed by atoms with Gasteiger partial charge in [-0.2, -0.15) is 0 Å². The highest BCUT2D eigenvalue weighted by atomic mass is 16.5. The first-order valence-corrected chi connectivity index (χ1v) is 8.72. The Morgan fingerprint density at radius 3 is 2.71 bits per heavy atom. The average Bonchev–Trinajstić information content (AvgIpc) is 3.16. The molecule has 6 heteroatoms. The van der Waals surface area contributed by atoms with Gasteiger partial charge >= 0.3 is 0 Å². The Balaban J connectivity index is 1.59. The minimum absolute atomic E-state index is 0.0495. The predicted molar refractivity (Wildman–Crippen MR) is 92.2 cm³/mol. The van der Waals surface area contributed by atoms with Gasteiger partial charge in [0.05, 0.1) is 0 Å². The number of nitrogens with zero attached hydrogens (tertiary/aromatic N) is 2. The van der Waals surface area contributed by atoms with E-state index in [1.165, 1.54) is 0 Å². The van der Waals surface area contributed by atoms with Crippen molar-refractivity contribution in [2.75, 3.05) is 44.2 Å². The Bertz CT molecular complexity index is 591. The molecule has 2 fully saturated rings. The lowest BCUT2D eigenvalue weighted by Crippen LogP contribution is -2.51. The van der Waals surface area contributed by atoms with Crippen LogP contribution in [0.4, 0.5) is 5.69 Å². The fourth-order valence-corrected chi connectivity index (χ4v) is 3.27. The molecule has 1 atom stereocenters. The maximum Gasteiger partial charge on any atom is 0.251 e. The second kappa shape index (κ2) is 7.66. The van der Waals surface area contributed by atoms with Crippen LogP contribution in [0.15, 0.2) is 24.3 Å². The van der Waals surface area contributed by atoms with Crippen LogP contribution in [0.2, 0.25) is 0 Å². The molecule has 1 aromatic rings. The van der Waals surface area contributed by atoms with E-state index in [0.717, 1.165) is 31.6 Å². The lowest BCUT2D eigenvalue weighted by Gasteiger charge is -2.37. The first-order valence-electron chi connectivity index (χ1n) is 8.72. The van der Waals surface area contributed by atoms with Crippen molar-refractivity contribution >= 4 is 17.5 Å². The van der Waals surface area contributed by atoms with E-state index in [0.29, 0.717) is 31.8 Å². The molecule has 1 N–H and O–H groups in total. The number of rotatable bonds is 4. The monoisotopic (exact) mass is 331 g/mol. The molecule has 130 valence electrons. The molecule has 0 bridgehead atoms.